The van der Waals surface area contributed by atoms with Crippen LogP contribution in [0.4, 0.5) is 11.5 Å². The molecule has 0 spiro atoms. The quantitative estimate of drug-likeness (QED) is 0.413. The van der Waals surface area contributed by atoms with Gasteiger partial charge in [-0.1, -0.05) is 61.4 Å². The molecule has 1 heterocycles. The summed E-state index contributed by atoms with van der Waals surface area (Å²) in [6, 6.07) is 18.3. The van der Waals surface area contributed by atoms with Gasteiger partial charge in [-0.25, -0.2) is 9.97 Å². The number of para-hydroxylation sites is 2. The molecule has 1 amide bonds. The number of hydrogen-bond donors (Lipinski definition) is 1. The molecule has 1 aliphatic rings. The first-order valence-corrected chi connectivity index (χ1v) is 11.5. The van der Waals surface area contributed by atoms with Crippen LogP contribution in [0.3, 0.4) is 0 Å². The second kappa shape index (κ2) is 9.47. The molecular formula is C24H28N4OS. The number of thioether (sulfide) groups is 1. The van der Waals surface area contributed by atoms with E-state index in [-0.39, 0.29) is 11.2 Å². The molecule has 0 saturated heterocycles. The van der Waals surface area contributed by atoms with Crippen molar-refractivity contribution in [1.29, 1.82) is 0 Å². The molecule has 1 atom stereocenters. The minimum atomic E-state index is -0.234. The highest BCUT2D eigenvalue weighted by atomic mass is 32.2. The van der Waals surface area contributed by atoms with Gasteiger partial charge < -0.3 is 10.2 Å². The summed E-state index contributed by atoms with van der Waals surface area (Å²) in [6.07, 6.45) is 5.93. The van der Waals surface area contributed by atoms with Crippen LogP contribution >= 0.6 is 11.8 Å². The van der Waals surface area contributed by atoms with Gasteiger partial charge in [0.1, 0.15) is 5.82 Å². The van der Waals surface area contributed by atoms with Crippen LogP contribution in [0, 0.1) is 0 Å². The van der Waals surface area contributed by atoms with Gasteiger partial charge in [-0.15, -0.1) is 0 Å². The molecular weight excluding hydrogens is 392 g/mol. The van der Waals surface area contributed by atoms with Gasteiger partial charge in [-0.3, -0.25) is 4.79 Å². The number of aromatic nitrogens is 2. The number of benzene rings is 2. The third-order valence-corrected chi connectivity index (χ3v) is 6.67. The number of fused-ring (bicyclic) bond motifs is 1. The van der Waals surface area contributed by atoms with Crippen molar-refractivity contribution in [1.82, 2.24) is 14.9 Å². The SMILES string of the molecule is C[C@H](Sc1nc(Nc2ccccc2)c2ccccc2n1)C(=O)N(C)C1CCCCC1. The lowest BCUT2D eigenvalue weighted by Gasteiger charge is -2.32. The number of carbonyl (C=O) groups is 1. The first-order chi connectivity index (χ1) is 14.6. The number of rotatable bonds is 6. The molecule has 1 aromatic heterocycles. The summed E-state index contributed by atoms with van der Waals surface area (Å²) >= 11 is 1.43. The summed E-state index contributed by atoms with van der Waals surface area (Å²) in [5.74, 6) is 0.913. The fraction of sp³-hybridized carbons (Fsp3) is 0.375. The summed E-state index contributed by atoms with van der Waals surface area (Å²) in [5.41, 5.74) is 1.84. The third kappa shape index (κ3) is 4.75. The van der Waals surface area contributed by atoms with Crippen LogP contribution in [0.5, 0.6) is 0 Å². The Bertz CT molecular complexity index is 1000. The molecule has 5 nitrogen and oxygen atoms in total. The van der Waals surface area contributed by atoms with Gasteiger partial charge in [0.25, 0.3) is 0 Å². The van der Waals surface area contributed by atoms with Gasteiger partial charge in [-0.2, -0.15) is 0 Å². The normalized spacial score (nSPS) is 15.7. The van der Waals surface area contributed by atoms with Gasteiger partial charge in [0.2, 0.25) is 5.91 Å². The van der Waals surface area contributed by atoms with Crippen molar-refractivity contribution in [2.24, 2.45) is 0 Å². The van der Waals surface area contributed by atoms with Crippen LogP contribution < -0.4 is 5.32 Å². The van der Waals surface area contributed by atoms with Gasteiger partial charge >= 0.3 is 0 Å². The van der Waals surface area contributed by atoms with E-state index in [1.807, 2.05) is 73.5 Å². The molecule has 1 saturated carbocycles. The monoisotopic (exact) mass is 420 g/mol. The highest BCUT2D eigenvalue weighted by Gasteiger charge is 2.27. The Morgan fingerprint density at radius 3 is 2.50 bits per heavy atom. The van der Waals surface area contributed by atoms with Crippen molar-refractivity contribution in [3.05, 3.63) is 54.6 Å². The Balaban J connectivity index is 1.55. The zero-order chi connectivity index (χ0) is 20.9. The summed E-state index contributed by atoms with van der Waals surface area (Å²) in [6.45, 7) is 1.95. The smallest absolute Gasteiger partial charge is 0.235 e. The number of anilines is 2. The molecule has 1 aliphatic carbocycles. The molecule has 2 aromatic carbocycles. The van der Waals surface area contributed by atoms with E-state index < -0.39 is 0 Å². The summed E-state index contributed by atoms with van der Waals surface area (Å²) in [4.78, 5) is 24.4. The average molecular weight is 421 g/mol. The highest BCUT2D eigenvalue weighted by molar-refractivity contribution is 8.00. The number of nitrogens with zero attached hydrogens (tertiary/aromatic N) is 3. The fourth-order valence-corrected chi connectivity index (χ4v) is 4.88. The molecule has 1 fully saturated rings. The first-order valence-electron chi connectivity index (χ1n) is 10.6. The molecule has 6 heteroatoms. The average Bonchev–Trinajstić information content (AvgIpc) is 2.79. The molecule has 3 aromatic rings. The second-order valence-corrected chi connectivity index (χ2v) is 9.17. The van der Waals surface area contributed by atoms with Crippen LogP contribution in [-0.2, 0) is 4.79 Å². The molecule has 156 valence electrons. The van der Waals surface area contributed by atoms with Crippen LogP contribution in [0.1, 0.15) is 39.0 Å². The van der Waals surface area contributed by atoms with E-state index in [9.17, 15) is 4.79 Å². The zero-order valence-electron chi connectivity index (χ0n) is 17.5. The predicted molar refractivity (Wildman–Crippen MR) is 124 cm³/mol. The van der Waals surface area contributed by atoms with Crippen LogP contribution in [0.15, 0.2) is 59.8 Å². The number of nitrogens with one attached hydrogen (secondary N) is 1. The van der Waals surface area contributed by atoms with E-state index in [0.717, 1.165) is 35.2 Å². The Morgan fingerprint density at radius 2 is 1.73 bits per heavy atom. The number of amides is 1. The van der Waals surface area contributed by atoms with Gasteiger partial charge in [0.05, 0.1) is 10.8 Å². The van der Waals surface area contributed by atoms with Crippen molar-refractivity contribution in [2.45, 2.75) is 55.5 Å². The number of hydrogen-bond acceptors (Lipinski definition) is 5. The molecule has 0 aliphatic heterocycles. The maximum atomic E-state index is 13.0. The molecule has 0 radical (unpaired) electrons. The van der Waals surface area contributed by atoms with Crippen molar-refractivity contribution in [2.75, 3.05) is 12.4 Å². The highest BCUT2D eigenvalue weighted by Crippen LogP contribution is 2.30. The van der Waals surface area contributed by atoms with E-state index in [0.29, 0.717) is 11.2 Å². The lowest BCUT2D eigenvalue weighted by molar-refractivity contribution is -0.131. The number of carbonyl (C=O) groups excluding carboxylic acids is 1. The maximum Gasteiger partial charge on any atom is 0.235 e. The van der Waals surface area contributed by atoms with Gasteiger partial charge in [0, 0.05) is 24.2 Å². The van der Waals surface area contributed by atoms with Gasteiger partial charge in [-0.05, 0) is 44.0 Å². The van der Waals surface area contributed by atoms with E-state index in [2.05, 4.69) is 5.32 Å². The van der Waals surface area contributed by atoms with E-state index in [1.54, 1.807) is 0 Å². The lowest BCUT2D eigenvalue weighted by Crippen LogP contribution is -2.42. The Morgan fingerprint density at radius 1 is 1.03 bits per heavy atom. The van der Waals surface area contributed by atoms with Crippen LogP contribution in [-0.4, -0.2) is 39.1 Å². The van der Waals surface area contributed by atoms with E-state index >= 15 is 0 Å². The van der Waals surface area contributed by atoms with E-state index in [1.165, 1.54) is 31.0 Å². The predicted octanol–water partition coefficient (Wildman–Crippen LogP) is 5.65. The van der Waals surface area contributed by atoms with Crippen molar-refractivity contribution >= 4 is 40.1 Å². The summed E-state index contributed by atoms with van der Waals surface area (Å²) in [7, 11) is 1.94. The molecule has 30 heavy (non-hydrogen) atoms. The third-order valence-electron chi connectivity index (χ3n) is 5.72. The Kier molecular flexibility index (Phi) is 6.53. The summed E-state index contributed by atoms with van der Waals surface area (Å²) < 4.78 is 0. The second-order valence-electron chi connectivity index (χ2n) is 7.86. The Hall–Kier alpha value is -2.60. The minimum absolute atomic E-state index is 0.154. The molecule has 0 unspecified atom stereocenters. The van der Waals surface area contributed by atoms with E-state index in [4.69, 9.17) is 9.97 Å². The molecule has 0 bridgehead atoms. The largest absolute Gasteiger partial charge is 0.342 e. The van der Waals surface area contributed by atoms with Crippen molar-refractivity contribution < 1.29 is 4.79 Å². The van der Waals surface area contributed by atoms with Crippen LogP contribution in [0.2, 0.25) is 0 Å². The van der Waals surface area contributed by atoms with Crippen LogP contribution in [0.25, 0.3) is 10.9 Å². The Labute approximate surface area is 182 Å². The van der Waals surface area contributed by atoms with Crippen molar-refractivity contribution in [3.63, 3.8) is 0 Å². The topological polar surface area (TPSA) is 58.1 Å². The maximum absolute atomic E-state index is 13.0. The standard InChI is InChI=1S/C24H28N4OS/c1-17(23(29)28(2)19-13-7-4-8-14-19)30-24-26-21-16-10-9-15-20(21)22(27-24)25-18-11-5-3-6-12-18/h3,5-6,9-12,15-17,19H,4,7-8,13-14H2,1-2H3,(H,25,26,27)/t17-/m0/s1. The minimum Gasteiger partial charge on any atom is -0.342 e. The zero-order valence-corrected chi connectivity index (χ0v) is 18.4. The lowest BCUT2D eigenvalue weighted by atomic mass is 9.94. The first kappa shape index (κ1) is 20.7. The molecule has 4 rings (SSSR count). The summed E-state index contributed by atoms with van der Waals surface area (Å²) in [5, 5.41) is 4.75. The molecule has 1 N–H and O–H groups in total. The van der Waals surface area contributed by atoms with Crippen molar-refractivity contribution in [3.8, 4) is 0 Å². The fourth-order valence-electron chi connectivity index (χ4n) is 4.01. The van der Waals surface area contributed by atoms with Gasteiger partial charge in [0.15, 0.2) is 5.16 Å².